The lowest BCUT2D eigenvalue weighted by Crippen LogP contribution is -2.22. The zero-order valence-electron chi connectivity index (χ0n) is 6.66. The van der Waals surface area contributed by atoms with Crippen LogP contribution in [0.1, 0.15) is 20.8 Å². The highest BCUT2D eigenvalue weighted by molar-refractivity contribution is 5.86. The van der Waals surface area contributed by atoms with E-state index in [0.717, 1.165) is 0 Å². The predicted octanol–water partition coefficient (Wildman–Crippen LogP) is 1.15. The first kappa shape index (κ1) is 9.37. The molecule has 0 saturated carbocycles. The van der Waals surface area contributed by atoms with E-state index >= 15 is 0 Å². The molecule has 0 saturated heterocycles. The second kappa shape index (κ2) is 4.23. The van der Waals surface area contributed by atoms with Crippen LogP contribution in [-0.4, -0.2) is 17.0 Å². The summed E-state index contributed by atoms with van der Waals surface area (Å²) in [7, 11) is 0. The molecule has 0 aromatic carbocycles. The summed E-state index contributed by atoms with van der Waals surface area (Å²) in [5.74, 6) is -0.218. The van der Waals surface area contributed by atoms with Crippen molar-refractivity contribution in [1.29, 1.82) is 0 Å². The minimum absolute atomic E-state index is 0.0915. The second-order valence-corrected chi connectivity index (χ2v) is 2.53. The maximum absolute atomic E-state index is 10.9. The molecule has 1 unspecified atom stereocenters. The molecule has 0 aliphatic carbocycles. The summed E-state index contributed by atoms with van der Waals surface area (Å²) in [6.07, 6.45) is 2.25. The van der Waals surface area contributed by atoms with Gasteiger partial charge in [-0.1, -0.05) is 26.0 Å². The van der Waals surface area contributed by atoms with E-state index in [4.69, 9.17) is 5.11 Å². The molecule has 0 aliphatic rings. The lowest BCUT2D eigenvalue weighted by molar-refractivity contribution is -0.127. The zero-order chi connectivity index (χ0) is 8.15. The van der Waals surface area contributed by atoms with Crippen LogP contribution in [0.4, 0.5) is 0 Å². The van der Waals surface area contributed by atoms with Gasteiger partial charge in [-0.25, -0.2) is 0 Å². The Kier molecular flexibility index (Phi) is 3.96. The van der Waals surface area contributed by atoms with Gasteiger partial charge in [0.05, 0.1) is 0 Å². The van der Waals surface area contributed by atoms with Crippen molar-refractivity contribution in [2.24, 2.45) is 5.92 Å². The van der Waals surface area contributed by atoms with Gasteiger partial charge < -0.3 is 5.11 Å². The molecule has 58 valence electrons. The number of ketones is 1. The smallest absolute Gasteiger partial charge is 0.167 e. The highest BCUT2D eigenvalue weighted by atomic mass is 16.3. The van der Waals surface area contributed by atoms with E-state index in [0.29, 0.717) is 0 Å². The van der Waals surface area contributed by atoms with Gasteiger partial charge in [0.15, 0.2) is 5.78 Å². The average molecular weight is 142 g/mol. The zero-order valence-corrected chi connectivity index (χ0v) is 6.66. The standard InChI is InChI=1S/C8H14O2/c1-4-5-7(9)8(10)6(2)3/h4-7,9H,1-3H3/b5-4+. The Bertz CT molecular complexity index is 136. The van der Waals surface area contributed by atoms with Crippen LogP contribution in [-0.2, 0) is 4.79 Å². The third kappa shape index (κ3) is 2.78. The molecular weight excluding hydrogens is 128 g/mol. The first-order chi connectivity index (χ1) is 4.59. The Hall–Kier alpha value is -0.630. The van der Waals surface area contributed by atoms with Crippen LogP contribution >= 0.6 is 0 Å². The topological polar surface area (TPSA) is 37.3 Å². The Morgan fingerprint density at radius 1 is 1.50 bits per heavy atom. The van der Waals surface area contributed by atoms with Crippen LogP contribution in [0.2, 0.25) is 0 Å². The Morgan fingerprint density at radius 2 is 2.00 bits per heavy atom. The summed E-state index contributed by atoms with van der Waals surface area (Å²) < 4.78 is 0. The number of allylic oxidation sites excluding steroid dienone is 1. The molecule has 0 radical (unpaired) electrons. The molecular formula is C8H14O2. The largest absolute Gasteiger partial charge is 0.381 e. The molecule has 0 aromatic rings. The average Bonchev–Trinajstić information content (AvgIpc) is 1.87. The molecule has 0 amide bonds. The van der Waals surface area contributed by atoms with Gasteiger partial charge in [0.2, 0.25) is 0 Å². The van der Waals surface area contributed by atoms with E-state index in [9.17, 15) is 4.79 Å². The number of carbonyl (C=O) groups is 1. The van der Waals surface area contributed by atoms with Gasteiger partial charge in [-0.05, 0) is 6.92 Å². The number of hydrogen-bond acceptors (Lipinski definition) is 2. The Labute approximate surface area is 61.6 Å². The first-order valence-electron chi connectivity index (χ1n) is 3.44. The second-order valence-electron chi connectivity index (χ2n) is 2.53. The Morgan fingerprint density at radius 3 is 2.30 bits per heavy atom. The van der Waals surface area contributed by atoms with Crippen molar-refractivity contribution in [3.8, 4) is 0 Å². The predicted molar refractivity (Wildman–Crippen MR) is 40.7 cm³/mol. The molecule has 0 spiro atoms. The van der Waals surface area contributed by atoms with E-state index in [-0.39, 0.29) is 11.7 Å². The minimum Gasteiger partial charge on any atom is -0.381 e. The third-order valence-electron chi connectivity index (χ3n) is 1.24. The summed E-state index contributed by atoms with van der Waals surface area (Å²) >= 11 is 0. The quantitative estimate of drug-likeness (QED) is 0.600. The summed E-state index contributed by atoms with van der Waals surface area (Å²) in [6.45, 7) is 5.32. The number of hydrogen-bond donors (Lipinski definition) is 1. The third-order valence-corrected chi connectivity index (χ3v) is 1.24. The van der Waals surface area contributed by atoms with Crippen molar-refractivity contribution in [2.75, 3.05) is 0 Å². The maximum atomic E-state index is 10.9. The van der Waals surface area contributed by atoms with Gasteiger partial charge in [0, 0.05) is 5.92 Å². The molecule has 0 aromatic heterocycles. The minimum atomic E-state index is -0.912. The van der Waals surface area contributed by atoms with Crippen molar-refractivity contribution in [2.45, 2.75) is 26.9 Å². The van der Waals surface area contributed by atoms with Crippen molar-refractivity contribution in [3.05, 3.63) is 12.2 Å². The molecule has 1 N–H and O–H groups in total. The van der Waals surface area contributed by atoms with Crippen molar-refractivity contribution < 1.29 is 9.90 Å². The highest BCUT2D eigenvalue weighted by Crippen LogP contribution is 2.00. The summed E-state index contributed by atoms with van der Waals surface area (Å²) in [5.41, 5.74) is 0. The SMILES string of the molecule is C/C=C/C(O)C(=O)C(C)C. The molecule has 10 heavy (non-hydrogen) atoms. The van der Waals surface area contributed by atoms with Crippen molar-refractivity contribution in [1.82, 2.24) is 0 Å². The highest BCUT2D eigenvalue weighted by Gasteiger charge is 2.14. The van der Waals surface area contributed by atoms with Gasteiger partial charge in [-0.15, -0.1) is 0 Å². The first-order valence-corrected chi connectivity index (χ1v) is 3.44. The van der Waals surface area contributed by atoms with Crippen LogP contribution in [0, 0.1) is 5.92 Å². The van der Waals surface area contributed by atoms with Crippen molar-refractivity contribution >= 4 is 5.78 Å². The maximum Gasteiger partial charge on any atom is 0.167 e. The van der Waals surface area contributed by atoms with Gasteiger partial charge in [-0.2, -0.15) is 0 Å². The van der Waals surface area contributed by atoms with Crippen LogP contribution in [0.5, 0.6) is 0 Å². The lowest BCUT2D eigenvalue weighted by atomic mass is 10.0. The van der Waals surface area contributed by atoms with Gasteiger partial charge in [0.1, 0.15) is 6.10 Å². The molecule has 0 aliphatic heterocycles. The number of aliphatic hydroxyl groups excluding tert-OH is 1. The normalized spacial score (nSPS) is 14.5. The van der Waals surface area contributed by atoms with Crippen LogP contribution in [0.3, 0.4) is 0 Å². The van der Waals surface area contributed by atoms with Crippen LogP contribution < -0.4 is 0 Å². The van der Waals surface area contributed by atoms with E-state index in [2.05, 4.69) is 0 Å². The molecule has 0 bridgehead atoms. The molecule has 0 heterocycles. The van der Waals surface area contributed by atoms with E-state index < -0.39 is 6.10 Å². The number of carbonyl (C=O) groups excluding carboxylic acids is 1. The van der Waals surface area contributed by atoms with Gasteiger partial charge >= 0.3 is 0 Å². The Balaban J connectivity index is 3.95. The number of Topliss-reactive ketones (excluding diaryl/α,β-unsaturated/α-hetero) is 1. The van der Waals surface area contributed by atoms with E-state index in [1.165, 1.54) is 6.08 Å². The van der Waals surface area contributed by atoms with Gasteiger partial charge in [0.25, 0.3) is 0 Å². The van der Waals surface area contributed by atoms with Gasteiger partial charge in [-0.3, -0.25) is 4.79 Å². The molecule has 1 atom stereocenters. The van der Waals surface area contributed by atoms with Crippen molar-refractivity contribution in [3.63, 3.8) is 0 Å². The van der Waals surface area contributed by atoms with E-state index in [1.807, 2.05) is 0 Å². The summed E-state index contributed by atoms with van der Waals surface area (Å²) in [6, 6.07) is 0. The fourth-order valence-electron chi connectivity index (χ4n) is 0.619. The van der Waals surface area contributed by atoms with Crippen LogP contribution in [0.25, 0.3) is 0 Å². The number of rotatable bonds is 3. The molecule has 0 fully saturated rings. The lowest BCUT2D eigenvalue weighted by Gasteiger charge is -2.06. The summed E-state index contributed by atoms with van der Waals surface area (Å²) in [5, 5.41) is 9.05. The fraction of sp³-hybridized carbons (Fsp3) is 0.625. The monoisotopic (exact) mass is 142 g/mol. The fourth-order valence-corrected chi connectivity index (χ4v) is 0.619. The molecule has 2 nitrogen and oxygen atoms in total. The molecule has 0 rings (SSSR count). The van der Waals surface area contributed by atoms with E-state index in [1.54, 1.807) is 26.8 Å². The van der Waals surface area contributed by atoms with Crippen LogP contribution in [0.15, 0.2) is 12.2 Å². The number of aliphatic hydroxyl groups is 1. The molecule has 2 heteroatoms. The summed E-state index contributed by atoms with van der Waals surface area (Å²) in [4.78, 5) is 10.9.